The molecule has 0 saturated heterocycles. The van der Waals surface area contributed by atoms with Crippen LogP contribution >= 0.6 is 11.3 Å². The van der Waals surface area contributed by atoms with Crippen LogP contribution in [0, 0.1) is 6.92 Å². The summed E-state index contributed by atoms with van der Waals surface area (Å²) in [7, 11) is 3.63. The molecule has 7 nitrogen and oxygen atoms in total. The van der Waals surface area contributed by atoms with Gasteiger partial charge >= 0.3 is 6.03 Å². The van der Waals surface area contributed by atoms with Crippen LogP contribution in [0.1, 0.15) is 37.7 Å². The van der Waals surface area contributed by atoms with Crippen molar-refractivity contribution in [2.24, 2.45) is 0 Å². The maximum atomic E-state index is 12.3. The second-order valence-corrected chi connectivity index (χ2v) is 7.53. The van der Waals surface area contributed by atoms with Gasteiger partial charge in [0.25, 0.3) is 0 Å². The minimum atomic E-state index is -0.364. The Bertz CT molecular complexity index is 758. The number of benzene rings is 1. The van der Waals surface area contributed by atoms with Gasteiger partial charge < -0.3 is 15.0 Å². The number of amides is 2. The molecule has 140 valence electrons. The Kier molecular flexibility index (Phi) is 5.92. The Labute approximate surface area is 157 Å². The maximum Gasteiger partial charge on any atom is 0.325 e. The molecule has 0 aliphatic heterocycles. The molecular weight excluding hydrogens is 350 g/mol. The first kappa shape index (κ1) is 18.4. The van der Waals surface area contributed by atoms with Crippen molar-refractivity contribution >= 4 is 33.3 Å². The van der Waals surface area contributed by atoms with E-state index in [1.165, 1.54) is 43.4 Å². The van der Waals surface area contributed by atoms with E-state index in [0.717, 1.165) is 10.7 Å². The van der Waals surface area contributed by atoms with E-state index >= 15 is 0 Å². The highest BCUT2D eigenvalue weighted by atomic mass is 32.1. The molecule has 0 atom stereocenters. The summed E-state index contributed by atoms with van der Waals surface area (Å²) in [6, 6.07) is 5.76. The minimum absolute atomic E-state index is 0.364. The van der Waals surface area contributed by atoms with Crippen molar-refractivity contribution in [3.63, 3.8) is 0 Å². The molecule has 1 saturated carbocycles. The molecule has 0 spiro atoms. The number of anilines is 3. The zero-order valence-electron chi connectivity index (χ0n) is 15.4. The molecule has 1 aliphatic rings. The molecule has 2 amide bonds. The van der Waals surface area contributed by atoms with Crippen molar-refractivity contribution in [1.82, 2.24) is 10.2 Å². The number of ether oxygens (including phenoxy) is 1. The molecule has 8 heteroatoms. The lowest BCUT2D eigenvalue weighted by molar-refractivity contribution is 0.262. The molecule has 0 radical (unpaired) electrons. The highest BCUT2D eigenvalue weighted by molar-refractivity contribution is 7.19. The molecule has 26 heavy (non-hydrogen) atoms. The predicted molar refractivity (Wildman–Crippen MR) is 106 cm³/mol. The number of carbonyl (C=O) groups excluding carboxylic acids is 1. The van der Waals surface area contributed by atoms with E-state index in [2.05, 4.69) is 32.8 Å². The average Bonchev–Trinajstić information content (AvgIpc) is 3.10. The SMILES string of the molecule is COc1ccc(C)cc1NC(=O)Nc1nnc(N(C)C2CCCCC2)s1. The number of hydrogen-bond acceptors (Lipinski definition) is 6. The quantitative estimate of drug-likeness (QED) is 0.816. The number of rotatable bonds is 5. The number of methoxy groups -OCH3 is 1. The van der Waals surface area contributed by atoms with Gasteiger partial charge in [0.15, 0.2) is 0 Å². The number of nitrogens with zero attached hydrogens (tertiary/aromatic N) is 3. The number of urea groups is 1. The molecule has 2 N–H and O–H groups in total. The van der Waals surface area contributed by atoms with Crippen LogP contribution in [0.4, 0.5) is 20.7 Å². The van der Waals surface area contributed by atoms with Gasteiger partial charge in [-0.15, -0.1) is 10.2 Å². The van der Waals surface area contributed by atoms with Crippen molar-refractivity contribution in [2.75, 3.05) is 29.7 Å². The van der Waals surface area contributed by atoms with Gasteiger partial charge in [-0.3, -0.25) is 5.32 Å². The van der Waals surface area contributed by atoms with Crippen molar-refractivity contribution in [1.29, 1.82) is 0 Å². The summed E-state index contributed by atoms with van der Waals surface area (Å²) in [4.78, 5) is 14.5. The Hall–Kier alpha value is -2.35. The van der Waals surface area contributed by atoms with E-state index < -0.39 is 0 Å². The highest BCUT2D eigenvalue weighted by Gasteiger charge is 2.21. The number of aromatic nitrogens is 2. The van der Waals surface area contributed by atoms with Crippen molar-refractivity contribution in [3.8, 4) is 5.75 Å². The van der Waals surface area contributed by atoms with E-state index in [9.17, 15) is 4.79 Å². The van der Waals surface area contributed by atoms with Crippen LogP contribution in [0.5, 0.6) is 5.75 Å². The normalized spacial score (nSPS) is 14.7. The largest absolute Gasteiger partial charge is 0.495 e. The zero-order valence-corrected chi connectivity index (χ0v) is 16.2. The van der Waals surface area contributed by atoms with Gasteiger partial charge in [-0.05, 0) is 37.5 Å². The van der Waals surface area contributed by atoms with Crippen LogP contribution in [0.15, 0.2) is 18.2 Å². The summed E-state index contributed by atoms with van der Waals surface area (Å²) >= 11 is 1.39. The second-order valence-electron chi connectivity index (χ2n) is 6.58. The molecular formula is C18H25N5O2S. The van der Waals surface area contributed by atoms with E-state index in [1.54, 1.807) is 7.11 Å². The second kappa shape index (κ2) is 8.35. The smallest absolute Gasteiger partial charge is 0.325 e. The molecule has 3 rings (SSSR count). The standard InChI is InChI=1S/C18H25N5O2S/c1-12-9-10-15(25-3)14(11-12)19-16(24)20-17-21-22-18(26-17)23(2)13-7-5-4-6-8-13/h9-11,13H,4-8H2,1-3H3,(H2,19,20,21,24). The first-order valence-electron chi connectivity index (χ1n) is 8.86. The van der Waals surface area contributed by atoms with Crippen LogP contribution in [-0.2, 0) is 0 Å². The monoisotopic (exact) mass is 375 g/mol. The lowest BCUT2D eigenvalue weighted by Gasteiger charge is -2.30. The summed E-state index contributed by atoms with van der Waals surface area (Å²) in [6.45, 7) is 1.96. The Morgan fingerprint density at radius 1 is 1.23 bits per heavy atom. The first-order chi connectivity index (χ1) is 12.6. The van der Waals surface area contributed by atoms with Crippen molar-refractivity contribution in [3.05, 3.63) is 23.8 Å². The maximum absolute atomic E-state index is 12.3. The zero-order chi connectivity index (χ0) is 18.5. The fraction of sp³-hybridized carbons (Fsp3) is 0.500. The number of nitrogens with one attached hydrogen (secondary N) is 2. The summed E-state index contributed by atoms with van der Waals surface area (Å²) in [5.74, 6) is 0.612. The van der Waals surface area contributed by atoms with Crippen molar-refractivity contribution < 1.29 is 9.53 Å². The number of carbonyl (C=O) groups is 1. The minimum Gasteiger partial charge on any atom is -0.495 e. The van der Waals surface area contributed by atoms with Crippen LogP contribution in [-0.4, -0.2) is 36.4 Å². The summed E-state index contributed by atoms with van der Waals surface area (Å²) in [5, 5.41) is 15.2. The topological polar surface area (TPSA) is 79.4 Å². The molecule has 1 aliphatic carbocycles. The Morgan fingerprint density at radius 3 is 2.73 bits per heavy atom. The van der Waals surface area contributed by atoms with E-state index in [4.69, 9.17) is 4.74 Å². The third-order valence-corrected chi connectivity index (χ3v) is 5.59. The van der Waals surface area contributed by atoms with Gasteiger partial charge in [-0.1, -0.05) is 36.7 Å². The van der Waals surface area contributed by atoms with Crippen LogP contribution < -0.4 is 20.3 Å². The van der Waals surface area contributed by atoms with E-state index in [1.807, 2.05) is 25.1 Å². The molecule has 0 bridgehead atoms. The third-order valence-electron chi connectivity index (χ3n) is 4.66. The number of aryl methyl sites for hydroxylation is 1. The van der Waals surface area contributed by atoms with E-state index in [-0.39, 0.29) is 6.03 Å². The van der Waals surface area contributed by atoms with Crippen LogP contribution in [0.25, 0.3) is 0 Å². The Morgan fingerprint density at radius 2 is 2.00 bits per heavy atom. The highest BCUT2D eigenvalue weighted by Crippen LogP contribution is 2.30. The van der Waals surface area contributed by atoms with Gasteiger partial charge in [0.2, 0.25) is 10.3 Å². The molecule has 2 aromatic rings. The summed E-state index contributed by atoms with van der Waals surface area (Å²) < 4.78 is 5.28. The van der Waals surface area contributed by atoms with E-state index in [0.29, 0.717) is 22.6 Å². The van der Waals surface area contributed by atoms with Gasteiger partial charge in [0.05, 0.1) is 12.8 Å². The first-order valence-corrected chi connectivity index (χ1v) is 9.67. The molecule has 1 aromatic carbocycles. The fourth-order valence-corrected chi connectivity index (χ4v) is 3.98. The molecule has 1 heterocycles. The summed E-state index contributed by atoms with van der Waals surface area (Å²) in [6.07, 6.45) is 6.22. The predicted octanol–water partition coefficient (Wildman–Crippen LogP) is 4.27. The van der Waals surface area contributed by atoms with Gasteiger partial charge in [0.1, 0.15) is 5.75 Å². The van der Waals surface area contributed by atoms with Crippen molar-refractivity contribution in [2.45, 2.75) is 45.1 Å². The molecule has 0 unspecified atom stereocenters. The van der Waals surface area contributed by atoms with Gasteiger partial charge in [0, 0.05) is 13.1 Å². The molecule has 1 aromatic heterocycles. The average molecular weight is 375 g/mol. The number of hydrogen-bond donors (Lipinski definition) is 2. The summed E-state index contributed by atoms with van der Waals surface area (Å²) in [5.41, 5.74) is 1.66. The third kappa shape index (κ3) is 4.43. The van der Waals surface area contributed by atoms with Gasteiger partial charge in [-0.2, -0.15) is 0 Å². The lowest BCUT2D eigenvalue weighted by Crippen LogP contribution is -2.33. The Balaban J connectivity index is 1.62. The van der Waals surface area contributed by atoms with Crippen LogP contribution in [0.3, 0.4) is 0 Å². The van der Waals surface area contributed by atoms with Gasteiger partial charge in [-0.25, -0.2) is 4.79 Å². The fourth-order valence-electron chi connectivity index (χ4n) is 3.20. The molecule has 1 fully saturated rings. The lowest BCUT2D eigenvalue weighted by atomic mass is 9.95. The van der Waals surface area contributed by atoms with Crippen LogP contribution in [0.2, 0.25) is 0 Å².